The molecule has 0 atom stereocenters. The van der Waals surface area contributed by atoms with E-state index in [1.807, 2.05) is 0 Å². The van der Waals surface area contributed by atoms with E-state index in [0.717, 1.165) is 32.1 Å². The van der Waals surface area contributed by atoms with Gasteiger partial charge in [0.05, 0.1) is 13.1 Å². The first-order valence-corrected chi connectivity index (χ1v) is 9.40. The molecule has 0 amide bonds. The molecule has 0 bridgehead atoms. The molecular weight excluding hydrogens is 316 g/mol. The lowest BCUT2D eigenvalue weighted by molar-refractivity contribution is 0.345. The maximum absolute atomic E-state index is 4.71. The molecular formula is C19H28N4S. The number of rotatable bonds is 8. The Hall–Kier alpha value is -1.85. The van der Waals surface area contributed by atoms with Gasteiger partial charge >= 0.3 is 0 Å². The minimum Gasteiger partial charge on any atom is -0.357 e. The normalized spacial score (nSPS) is 11.8. The highest BCUT2D eigenvalue weighted by Crippen LogP contribution is 2.09. The minimum atomic E-state index is 0.684. The maximum atomic E-state index is 4.71. The quantitative estimate of drug-likeness (QED) is 0.569. The van der Waals surface area contributed by atoms with Crippen LogP contribution < -0.4 is 10.6 Å². The lowest BCUT2D eigenvalue weighted by Gasteiger charge is -2.14. The van der Waals surface area contributed by atoms with Crippen LogP contribution in [-0.4, -0.2) is 31.0 Å². The SMILES string of the molecule is CCNC(=NCc1cccc(CN(C)CC)c1)NCc1cccs1. The summed E-state index contributed by atoms with van der Waals surface area (Å²) >= 11 is 1.76. The van der Waals surface area contributed by atoms with E-state index in [1.54, 1.807) is 11.3 Å². The van der Waals surface area contributed by atoms with Crippen molar-refractivity contribution in [1.29, 1.82) is 0 Å². The van der Waals surface area contributed by atoms with Crippen molar-refractivity contribution >= 4 is 17.3 Å². The zero-order chi connectivity index (χ0) is 17.2. The van der Waals surface area contributed by atoms with Gasteiger partial charge in [-0.15, -0.1) is 11.3 Å². The molecule has 0 saturated heterocycles. The van der Waals surface area contributed by atoms with Crippen molar-refractivity contribution in [3.8, 4) is 0 Å². The summed E-state index contributed by atoms with van der Waals surface area (Å²) in [7, 11) is 2.14. The number of nitrogens with zero attached hydrogens (tertiary/aromatic N) is 2. The van der Waals surface area contributed by atoms with Gasteiger partial charge in [-0.05, 0) is 43.1 Å². The van der Waals surface area contributed by atoms with Crippen molar-refractivity contribution in [2.75, 3.05) is 20.1 Å². The van der Waals surface area contributed by atoms with Crippen molar-refractivity contribution in [1.82, 2.24) is 15.5 Å². The van der Waals surface area contributed by atoms with E-state index in [4.69, 9.17) is 4.99 Å². The Labute approximate surface area is 149 Å². The highest BCUT2D eigenvalue weighted by Gasteiger charge is 2.01. The lowest BCUT2D eigenvalue weighted by Crippen LogP contribution is -2.36. The molecule has 0 aliphatic rings. The van der Waals surface area contributed by atoms with Gasteiger partial charge in [-0.25, -0.2) is 4.99 Å². The molecule has 2 rings (SSSR count). The van der Waals surface area contributed by atoms with Crippen LogP contribution in [0.15, 0.2) is 46.8 Å². The summed E-state index contributed by atoms with van der Waals surface area (Å²) in [4.78, 5) is 8.32. The molecule has 0 aliphatic heterocycles. The van der Waals surface area contributed by atoms with Gasteiger partial charge in [0.2, 0.25) is 0 Å². The fourth-order valence-corrected chi connectivity index (χ4v) is 2.99. The molecule has 0 unspecified atom stereocenters. The van der Waals surface area contributed by atoms with Gasteiger partial charge in [0.25, 0.3) is 0 Å². The van der Waals surface area contributed by atoms with E-state index >= 15 is 0 Å². The lowest BCUT2D eigenvalue weighted by atomic mass is 10.1. The summed E-state index contributed by atoms with van der Waals surface area (Å²) < 4.78 is 0. The van der Waals surface area contributed by atoms with Gasteiger partial charge < -0.3 is 15.5 Å². The van der Waals surface area contributed by atoms with Crippen molar-refractivity contribution in [2.45, 2.75) is 33.5 Å². The van der Waals surface area contributed by atoms with Crippen LogP contribution in [0.5, 0.6) is 0 Å². The summed E-state index contributed by atoms with van der Waals surface area (Å²) in [6.07, 6.45) is 0. The highest BCUT2D eigenvalue weighted by atomic mass is 32.1. The van der Waals surface area contributed by atoms with E-state index in [0.29, 0.717) is 6.54 Å². The molecule has 2 aromatic rings. The molecule has 1 aromatic carbocycles. The highest BCUT2D eigenvalue weighted by molar-refractivity contribution is 7.09. The summed E-state index contributed by atoms with van der Waals surface area (Å²) in [5.74, 6) is 0.863. The molecule has 0 spiro atoms. The van der Waals surface area contributed by atoms with E-state index in [1.165, 1.54) is 16.0 Å². The number of thiophene rings is 1. The van der Waals surface area contributed by atoms with Crippen LogP contribution in [0.25, 0.3) is 0 Å². The number of guanidine groups is 1. The first kappa shape index (κ1) is 18.5. The summed E-state index contributed by atoms with van der Waals surface area (Å²) in [5, 5.41) is 8.79. The fraction of sp³-hybridized carbons (Fsp3) is 0.421. The molecule has 0 radical (unpaired) electrons. The molecule has 4 nitrogen and oxygen atoms in total. The summed E-state index contributed by atoms with van der Waals surface area (Å²) in [6.45, 7) is 8.65. The molecule has 0 saturated carbocycles. The van der Waals surface area contributed by atoms with Gasteiger partial charge in [0.1, 0.15) is 0 Å². The Morgan fingerprint density at radius 3 is 2.67 bits per heavy atom. The Kier molecular flexibility index (Phi) is 7.79. The van der Waals surface area contributed by atoms with Gasteiger partial charge in [-0.1, -0.05) is 37.3 Å². The smallest absolute Gasteiger partial charge is 0.191 e. The van der Waals surface area contributed by atoms with Crippen molar-refractivity contribution in [3.63, 3.8) is 0 Å². The van der Waals surface area contributed by atoms with Gasteiger partial charge in [-0.2, -0.15) is 0 Å². The monoisotopic (exact) mass is 344 g/mol. The number of nitrogens with one attached hydrogen (secondary N) is 2. The summed E-state index contributed by atoms with van der Waals surface area (Å²) in [5.41, 5.74) is 2.58. The predicted octanol–water partition coefficient (Wildman–Crippen LogP) is 3.46. The fourth-order valence-electron chi connectivity index (χ4n) is 2.35. The second kappa shape index (κ2) is 10.1. The van der Waals surface area contributed by atoms with Gasteiger partial charge in [0, 0.05) is 18.0 Å². The maximum Gasteiger partial charge on any atom is 0.191 e. The van der Waals surface area contributed by atoms with Gasteiger partial charge in [0.15, 0.2) is 5.96 Å². The Bertz CT molecular complexity index is 622. The molecule has 24 heavy (non-hydrogen) atoms. The van der Waals surface area contributed by atoms with Crippen molar-refractivity contribution in [2.24, 2.45) is 4.99 Å². The molecule has 0 fully saturated rings. The average Bonchev–Trinajstić information content (AvgIpc) is 3.11. The zero-order valence-corrected chi connectivity index (χ0v) is 15.7. The van der Waals surface area contributed by atoms with Crippen LogP contribution in [0.1, 0.15) is 29.9 Å². The van der Waals surface area contributed by atoms with Crippen LogP contribution in [0.2, 0.25) is 0 Å². The predicted molar refractivity (Wildman–Crippen MR) is 104 cm³/mol. The second-order valence-electron chi connectivity index (χ2n) is 5.78. The van der Waals surface area contributed by atoms with Crippen LogP contribution >= 0.6 is 11.3 Å². The first-order valence-electron chi connectivity index (χ1n) is 8.52. The third-order valence-electron chi connectivity index (χ3n) is 3.76. The molecule has 2 N–H and O–H groups in total. The number of benzene rings is 1. The van der Waals surface area contributed by atoms with E-state index in [2.05, 4.69) is 78.2 Å². The first-order chi connectivity index (χ1) is 11.7. The topological polar surface area (TPSA) is 39.7 Å². The van der Waals surface area contributed by atoms with E-state index in [9.17, 15) is 0 Å². The third kappa shape index (κ3) is 6.34. The molecule has 130 valence electrons. The van der Waals surface area contributed by atoms with E-state index < -0.39 is 0 Å². The molecule has 0 aliphatic carbocycles. The standard InChI is InChI=1S/C19H28N4S/c1-4-20-19(22-14-18-10-7-11-24-18)21-13-16-8-6-9-17(12-16)15-23(3)5-2/h6-12H,4-5,13-15H2,1-3H3,(H2,20,21,22). The van der Waals surface area contributed by atoms with Crippen LogP contribution in [0, 0.1) is 0 Å². The van der Waals surface area contributed by atoms with Crippen molar-refractivity contribution in [3.05, 3.63) is 57.8 Å². The minimum absolute atomic E-state index is 0.684. The average molecular weight is 345 g/mol. The second-order valence-corrected chi connectivity index (χ2v) is 6.81. The van der Waals surface area contributed by atoms with Crippen LogP contribution in [0.4, 0.5) is 0 Å². The zero-order valence-electron chi connectivity index (χ0n) is 14.9. The Morgan fingerprint density at radius 2 is 1.96 bits per heavy atom. The Balaban J connectivity index is 1.95. The largest absolute Gasteiger partial charge is 0.357 e. The van der Waals surface area contributed by atoms with Gasteiger partial charge in [-0.3, -0.25) is 0 Å². The molecule has 1 aromatic heterocycles. The van der Waals surface area contributed by atoms with Crippen LogP contribution in [0.3, 0.4) is 0 Å². The Morgan fingerprint density at radius 1 is 1.12 bits per heavy atom. The molecule has 1 heterocycles. The van der Waals surface area contributed by atoms with Crippen molar-refractivity contribution < 1.29 is 0 Å². The number of hydrogen-bond acceptors (Lipinski definition) is 3. The molecule has 5 heteroatoms. The number of hydrogen-bond donors (Lipinski definition) is 2. The van der Waals surface area contributed by atoms with E-state index in [-0.39, 0.29) is 0 Å². The van der Waals surface area contributed by atoms with Crippen LogP contribution in [-0.2, 0) is 19.6 Å². The third-order valence-corrected chi connectivity index (χ3v) is 4.63. The number of aliphatic imine (C=N–C) groups is 1. The summed E-state index contributed by atoms with van der Waals surface area (Å²) in [6, 6.07) is 12.9.